The highest BCUT2D eigenvalue weighted by Crippen LogP contribution is 2.24. The molecular weight excluding hydrogens is 328 g/mol. The lowest BCUT2D eigenvalue weighted by molar-refractivity contribution is -0.123. The summed E-state index contributed by atoms with van der Waals surface area (Å²) in [5.74, 6) is 0.784. The molecule has 138 valence electrons. The molecule has 26 heavy (non-hydrogen) atoms. The number of amides is 1. The van der Waals surface area contributed by atoms with Gasteiger partial charge in [0.15, 0.2) is 0 Å². The molecule has 0 aliphatic carbocycles. The summed E-state index contributed by atoms with van der Waals surface area (Å²) in [5, 5.41) is 3.18. The lowest BCUT2D eigenvalue weighted by Crippen LogP contribution is -2.44. The molecule has 1 aromatic carbocycles. The van der Waals surface area contributed by atoms with Crippen LogP contribution in [-0.2, 0) is 4.79 Å². The second kappa shape index (κ2) is 8.78. The number of benzene rings is 1. The van der Waals surface area contributed by atoms with Crippen LogP contribution in [0.2, 0.25) is 0 Å². The highest BCUT2D eigenvalue weighted by molar-refractivity contribution is 5.83. The number of carbonyl (C=O) groups excluding carboxylic acids is 1. The van der Waals surface area contributed by atoms with Gasteiger partial charge in [0.1, 0.15) is 11.8 Å². The van der Waals surface area contributed by atoms with E-state index < -0.39 is 0 Å². The Morgan fingerprint density at radius 1 is 1.19 bits per heavy atom. The highest BCUT2D eigenvalue weighted by atomic mass is 16.5. The van der Waals surface area contributed by atoms with Gasteiger partial charge in [-0.3, -0.25) is 15.2 Å². The number of carbonyl (C=O) groups is 1. The summed E-state index contributed by atoms with van der Waals surface area (Å²) in [6.45, 7) is 2.15. The third-order valence-electron chi connectivity index (χ3n) is 4.71. The van der Waals surface area contributed by atoms with Gasteiger partial charge in [0, 0.05) is 18.4 Å². The van der Waals surface area contributed by atoms with E-state index in [4.69, 9.17) is 4.74 Å². The monoisotopic (exact) mass is 354 g/mol. The van der Waals surface area contributed by atoms with Gasteiger partial charge in [-0.15, -0.1) is 0 Å². The van der Waals surface area contributed by atoms with Gasteiger partial charge in [-0.1, -0.05) is 25.5 Å². The van der Waals surface area contributed by atoms with Crippen molar-refractivity contribution in [2.45, 2.75) is 44.3 Å². The van der Waals surface area contributed by atoms with Crippen LogP contribution < -0.4 is 20.9 Å². The van der Waals surface area contributed by atoms with E-state index in [0.29, 0.717) is 6.04 Å². The first-order valence-electron chi connectivity index (χ1n) is 9.06. The molecule has 1 aliphatic heterocycles. The third-order valence-corrected chi connectivity index (χ3v) is 4.71. The molecule has 0 saturated carbocycles. The number of pyridine rings is 1. The molecule has 2 heterocycles. The summed E-state index contributed by atoms with van der Waals surface area (Å²) in [7, 11) is 1.64. The van der Waals surface area contributed by atoms with Crippen molar-refractivity contribution in [2.75, 3.05) is 7.11 Å². The molecule has 1 saturated heterocycles. The molecule has 6 heteroatoms. The van der Waals surface area contributed by atoms with Gasteiger partial charge in [-0.05, 0) is 48.2 Å². The van der Waals surface area contributed by atoms with Crippen LogP contribution in [0.15, 0.2) is 48.8 Å². The van der Waals surface area contributed by atoms with Crippen LogP contribution in [0.5, 0.6) is 5.75 Å². The van der Waals surface area contributed by atoms with Crippen molar-refractivity contribution in [3.05, 3.63) is 59.9 Å². The zero-order chi connectivity index (χ0) is 18.4. The third kappa shape index (κ3) is 4.39. The average molecular weight is 354 g/mol. The first-order chi connectivity index (χ1) is 12.7. The lowest BCUT2D eigenvalue weighted by Gasteiger charge is -2.22. The van der Waals surface area contributed by atoms with Crippen LogP contribution in [0.4, 0.5) is 0 Å². The quantitative estimate of drug-likeness (QED) is 0.712. The molecule has 2 aromatic rings. The fourth-order valence-electron chi connectivity index (χ4n) is 3.29. The second-order valence-electron chi connectivity index (χ2n) is 6.56. The number of hydrazine groups is 1. The Balaban J connectivity index is 1.77. The van der Waals surface area contributed by atoms with Crippen molar-refractivity contribution in [1.82, 2.24) is 21.2 Å². The maximum Gasteiger partial charge on any atom is 0.239 e. The number of hydrogen-bond donors (Lipinski definition) is 3. The molecule has 3 atom stereocenters. The second-order valence-corrected chi connectivity index (χ2v) is 6.56. The molecule has 3 unspecified atom stereocenters. The Hall–Kier alpha value is -2.44. The van der Waals surface area contributed by atoms with E-state index in [-0.39, 0.29) is 18.0 Å². The maximum atomic E-state index is 12.8. The topological polar surface area (TPSA) is 75.3 Å². The van der Waals surface area contributed by atoms with Crippen LogP contribution in [0.3, 0.4) is 0 Å². The van der Waals surface area contributed by atoms with Gasteiger partial charge in [0.05, 0.1) is 13.2 Å². The molecule has 1 aromatic heterocycles. The number of nitrogens with zero attached hydrogens (tertiary/aromatic N) is 1. The minimum absolute atomic E-state index is 0.00580. The Morgan fingerprint density at radius 3 is 2.54 bits per heavy atom. The van der Waals surface area contributed by atoms with E-state index in [0.717, 1.165) is 36.1 Å². The summed E-state index contributed by atoms with van der Waals surface area (Å²) in [6, 6.07) is 11.5. The zero-order valence-electron chi connectivity index (χ0n) is 15.2. The standard InChI is InChI=1S/C20H26N4O2/c1-3-4-16-13-18(24-23-16)20(25)22-19(15-9-11-21-12-10-15)14-5-7-17(26-2)8-6-14/h5-12,16,18-19,23-24H,3-4,13H2,1-2H3,(H,22,25). The highest BCUT2D eigenvalue weighted by Gasteiger charge is 2.30. The van der Waals surface area contributed by atoms with Crippen LogP contribution in [0.1, 0.15) is 43.4 Å². The Morgan fingerprint density at radius 2 is 1.88 bits per heavy atom. The maximum absolute atomic E-state index is 12.8. The fourth-order valence-corrected chi connectivity index (χ4v) is 3.29. The van der Waals surface area contributed by atoms with Crippen molar-refractivity contribution >= 4 is 5.91 Å². The molecule has 0 spiro atoms. The molecule has 1 amide bonds. The van der Waals surface area contributed by atoms with Gasteiger partial charge < -0.3 is 10.1 Å². The minimum Gasteiger partial charge on any atom is -0.497 e. The number of hydrogen-bond acceptors (Lipinski definition) is 5. The van der Waals surface area contributed by atoms with E-state index >= 15 is 0 Å². The lowest BCUT2D eigenvalue weighted by atomic mass is 9.98. The molecule has 3 rings (SSSR count). The number of rotatable bonds is 7. The summed E-state index contributed by atoms with van der Waals surface area (Å²) >= 11 is 0. The van der Waals surface area contributed by atoms with Crippen molar-refractivity contribution in [3.63, 3.8) is 0 Å². The SMILES string of the molecule is CCCC1CC(C(=O)NC(c2ccncc2)c2ccc(OC)cc2)NN1. The fraction of sp³-hybridized carbons (Fsp3) is 0.400. The Bertz CT molecular complexity index is 706. The molecule has 6 nitrogen and oxygen atoms in total. The summed E-state index contributed by atoms with van der Waals surface area (Å²) < 4.78 is 5.24. The van der Waals surface area contributed by atoms with Crippen LogP contribution in [-0.4, -0.2) is 30.1 Å². The average Bonchev–Trinajstić information content (AvgIpc) is 3.16. The van der Waals surface area contributed by atoms with E-state index in [1.807, 2.05) is 36.4 Å². The van der Waals surface area contributed by atoms with E-state index in [1.165, 1.54) is 0 Å². The van der Waals surface area contributed by atoms with Crippen molar-refractivity contribution in [3.8, 4) is 5.75 Å². The van der Waals surface area contributed by atoms with Crippen molar-refractivity contribution < 1.29 is 9.53 Å². The normalized spacial score (nSPS) is 20.5. The number of ether oxygens (including phenoxy) is 1. The smallest absolute Gasteiger partial charge is 0.239 e. The predicted octanol–water partition coefficient (Wildman–Crippen LogP) is 2.33. The summed E-state index contributed by atoms with van der Waals surface area (Å²) in [4.78, 5) is 16.9. The van der Waals surface area contributed by atoms with Crippen molar-refractivity contribution in [2.24, 2.45) is 0 Å². The van der Waals surface area contributed by atoms with Gasteiger partial charge >= 0.3 is 0 Å². The van der Waals surface area contributed by atoms with Gasteiger partial charge in [0.25, 0.3) is 0 Å². The van der Waals surface area contributed by atoms with Gasteiger partial charge in [0.2, 0.25) is 5.91 Å². The molecule has 1 aliphatic rings. The number of nitrogens with one attached hydrogen (secondary N) is 3. The molecule has 3 N–H and O–H groups in total. The molecule has 1 fully saturated rings. The summed E-state index contributed by atoms with van der Waals surface area (Å²) in [6.07, 6.45) is 6.43. The number of methoxy groups -OCH3 is 1. The largest absolute Gasteiger partial charge is 0.497 e. The van der Waals surface area contributed by atoms with E-state index in [2.05, 4.69) is 28.1 Å². The molecular formula is C20H26N4O2. The first kappa shape index (κ1) is 18.4. The van der Waals surface area contributed by atoms with Crippen LogP contribution >= 0.6 is 0 Å². The van der Waals surface area contributed by atoms with Crippen LogP contribution in [0, 0.1) is 0 Å². The predicted molar refractivity (Wildman–Crippen MR) is 101 cm³/mol. The zero-order valence-corrected chi connectivity index (χ0v) is 15.2. The molecule has 0 radical (unpaired) electrons. The summed E-state index contributed by atoms with van der Waals surface area (Å²) in [5.41, 5.74) is 8.34. The Labute approximate surface area is 154 Å². The van der Waals surface area contributed by atoms with E-state index in [1.54, 1.807) is 19.5 Å². The number of aromatic nitrogens is 1. The van der Waals surface area contributed by atoms with Gasteiger partial charge in [-0.2, -0.15) is 0 Å². The minimum atomic E-state index is -0.233. The van der Waals surface area contributed by atoms with Crippen LogP contribution in [0.25, 0.3) is 0 Å². The molecule has 0 bridgehead atoms. The van der Waals surface area contributed by atoms with E-state index in [9.17, 15) is 4.79 Å². The van der Waals surface area contributed by atoms with Gasteiger partial charge in [-0.25, -0.2) is 5.43 Å². The Kier molecular flexibility index (Phi) is 6.20. The first-order valence-corrected chi connectivity index (χ1v) is 9.06. The van der Waals surface area contributed by atoms with Crippen molar-refractivity contribution in [1.29, 1.82) is 0 Å².